The molecule has 1 heterocycles. The summed E-state index contributed by atoms with van der Waals surface area (Å²) in [5.41, 5.74) is 9.36. The van der Waals surface area contributed by atoms with Crippen molar-refractivity contribution in [2.24, 2.45) is 11.7 Å². The van der Waals surface area contributed by atoms with Crippen LogP contribution in [0.15, 0.2) is 59.8 Å². The van der Waals surface area contributed by atoms with Crippen LogP contribution in [-0.2, 0) is 0 Å². The molecular weight excluding hydrogens is 368 g/mol. The van der Waals surface area contributed by atoms with Gasteiger partial charge in [0.1, 0.15) is 0 Å². The van der Waals surface area contributed by atoms with E-state index in [4.69, 9.17) is 16.6 Å². The maximum atomic E-state index is 8.40. The van der Waals surface area contributed by atoms with E-state index < -0.39 is 0 Å². The fraction of sp³-hybridized carbons (Fsp3) is 0.238. The van der Waals surface area contributed by atoms with Gasteiger partial charge >= 0.3 is 0 Å². The molecule has 5 N–H and O–H groups in total. The molecule has 3 rings (SSSR count). The summed E-state index contributed by atoms with van der Waals surface area (Å²) in [6, 6.07) is 7.71. The molecule has 144 valence electrons. The third-order valence-electron chi connectivity index (χ3n) is 4.50. The highest BCUT2D eigenvalue weighted by molar-refractivity contribution is 8.00. The summed E-state index contributed by atoms with van der Waals surface area (Å²) in [6.07, 6.45) is 10.6. The molecule has 0 spiro atoms. The number of H-pyrrole nitrogens is 1. The van der Waals surface area contributed by atoms with E-state index in [1.54, 1.807) is 6.08 Å². The molecule has 1 aromatic heterocycles. The van der Waals surface area contributed by atoms with Gasteiger partial charge in [0, 0.05) is 16.9 Å². The normalized spacial score (nSPS) is 17.5. The van der Waals surface area contributed by atoms with Crippen molar-refractivity contribution in [2.45, 2.75) is 30.7 Å². The Morgan fingerprint density at radius 2 is 2.04 bits per heavy atom. The Morgan fingerprint density at radius 1 is 1.29 bits per heavy atom. The maximum absolute atomic E-state index is 8.40. The van der Waals surface area contributed by atoms with E-state index >= 15 is 0 Å². The summed E-state index contributed by atoms with van der Waals surface area (Å²) in [6.45, 7) is 3.99. The van der Waals surface area contributed by atoms with E-state index in [1.165, 1.54) is 11.8 Å². The second-order valence-corrected chi connectivity index (χ2v) is 8.02. The maximum Gasteiger partial charge on any atom is 0.209 e. The zero-order chi connectivity index (χ0) is 20.1. The Kier molecular flexibility index (Phi) is 6.26. The van der Waals surface area contributed by atoms with Crippen molar-refractivity contribution in [2.75, 3.05) is 0 Å². The van der Waals surface area contributed by atoms with Gasteiger partial charge in [0.15, 0.2) is 5.82 Å². The Bertz CT molecular complexity index is 952. The lowest BCUT2D eigenvalue weighted by atomic mass is 9.94. The van der Waals surface area contributed by atoms with Gasteiger partial charge in [0.25, 0.3) is 0 Å². The fourth-order valence-corrected chi connectivity index (χ4v) is 3.66. The molecule has 0 saturated heterocycles. The summed E-state index contributed by atoms with van der Waals surface area (Å²) in [5.74, 6) is 0.560. The Labute approximate surface area is 169 Å². The standard InChI is InChI=1S/C21H24N6S/c1-13-8-10-15(11-9-13)17(22)12-18(23)20-25-21(27-26-20)28-14(2)19(24)16-6-4-3-5-7-16/h3-6,8-12,14,16,22,24H,7,23H2,1-2H3,(H,25,26,27)/b18-12-,22-17?,24-19?. The first-order chi connectivity index (χ1) is 13.4. The van der Waals surface area contributed by atoms with Crippen LogP contribution in [0, 0.1) is 23.7 Å². The summed E-state index contributed by atoms with van der Waals surface area (Å²) in [4.78, 5) is 4.42. The van der Waals surface area contributed by atoms with E-state index in [-0.39, 0.29) is 11.2 Å². The van der Waals surface area contributed by atoms with Crippen molar-refractivity contribution in [3.05, 3.63) is 71.6 Å². The molecule has 0 amide bonds. The molecule has 2 unspecified atom stereocenters. The summed E-state index contributed by atoms with van der Waals surface area (Å²) < 4.78 is 0. The molecule has 1 aliphatic rings. The molecule has 0 fully saturated rings. The van der Waals surface area contributed by atoms with Crippen LogP contribution in [0.25, 0.3) is 5.70 Å². The minimum Gasteiger partial charge on any atom is -0.396 e. The van der Waals surface area contributed by atoms with Gasteiger partial charge in [-0.25, -0.2) is 0 Å². The monoisotopic (exact) mass is 392 g/mol. The number of allylic oxidation sites excluding steroid dienone is 5. The molecule has 0 bridgehead atoms. The molecule has 6 nitrogen and oxygen atoms in total. The second-order valence-electron chi connectivity index (χ2n) is 6.72. The summed E-state index contributed by atoms with van der Waals surface area (Å²) in [5, 5.41) is 24.1. The van der Waals surface area contributed by atoms with Gasteiger partial charge in [0.05, 0.1) is 11.4 Å². The molecule has 1 aromatic carbocycles. The first kappa shape index (κ1) is 19.8. The topological polar surface area (TPSA) is 115 Å². The molecule has 7 heteroatoms. The smallest absolute Gasteiger partial charge is 0.209 e. The average molecular weight is 393 g/mol. The van der Waals surface area contributed by atoms with Gasteiger partial charge in [0.2, 0.25) is 5.16 Å². The predicted octanol–water partition coefficient (Wildman–Crippen LogP) is 4.11. The molecule has 2 atom stereocenters. The average Bonchev–Trinajstić information content (AvgIpc) is 3.17. The fourth-order valence-electron chi connectivity index (χ4n) is 2.80. The summed E-state index contributed by atoms with van der Waals surface area (Å²) >= 11 is 1.43. The van der Waals surface area contributed by atoms with Gasteiger partial charge < -0.3 is 16.6 Å². The number of hydrogen-bond donors (Lipinski definition) is 4. The SMILES string of the molecule is Cc1ccc(C(=N)/C=C(\N)c2nc(SC(C)C(=N)C3C=CC=CC3)n[nH]2)cc1. The number of nitrogens with two attached hydrogens (primary N) is 1. The number of thioether (sulfide) groups is 1. The number of nitrogens with zero attached hydrogens (tertiary/aromatic N) is 2. The minimum absolute atomic E-state index is 0.0409. The number of aryl methyl sites for hydroxylation is 1. The van der Waals surface area contributed by atoms with Crippen LogP contribution in [0.3, 0.4) is 0 Å². The van der Waals surface area contributed by atoms with Crippen LogP contribution in [0.1, 0.15) is 30.3 Å². The highest BCUT2D eigenvalue weighted by atomic mass is 32.2. The van der Waals surface area contributed by atoms with Crippen LogP contribution in [0.2, 0.25) is 0 Å². The molecular formula is C21H24N6S. The number of aromatic nitrogens is 3. The lowest BCUT2D eigenvalue weighted by Crippen LogP contribution is -2.21. The zero-order valence-corrected chi connectivity index (χ0v) is 16.8. The number of rotatable bonds is 7. The van der Waals surface area contributed by atoms with E-state index in [0.29, 0.717) is 28.1 Å². The van der Waals surface area contributed by atoms with Gasteiger partial charge in [-0.1, -0.05) is 65.9 Å². The van der Waals surface area contributed by atoms with Crippen LogP contribution in [0.5, 0.6) is 0 Å². The van der Waals surface area contributed by atoms with E-state index in [9.17, 15) is 0 Å². The number of benzene rings is 1. The molecule has 0 aliphatic heterocycles. The predicted molar refractivity (Wildman–Crippen MR) is 116 cm³/mol. The third-order valence-corrected chi connectivity index (χ3v) is 5.50. The quantitative estimate of drug-likeness (QED) is 0.419. The van der Waals surface area contributed by atoms with Crippen molar-refractivity contribution in [3.63, 3.8) is 0 Å². The lowest BCUT2D eigenvalue weighted by Gasteiger charge is -2.18. The lowest BCUT2D eigenvalue weighted by molar-refractivity contribution is 0.840. The molecule has 0 radical (unpaired) electrons. The van der Waals surface area contributed by atoms with Crippen LogP contribution >= 0.6 is 11.8 Å². The van der Waals surface area contributed by atoms with Crippen molar-refractivity contribution >= 4 is 28.9 Å². The van der Waals surface area contributed by atoms with Crippen molar-refractivity contribution < 1.29 is 0 Å². The number of aromatic amines is 1. The van der Waals surface area contributed by atoms with Gasteiger partial charge in [-0.3, -0.25) is 5.10 Å². The first-order valence-corrected chi connectivity index (χ1v) is 9.96. The van der Waals surface area contributed by atoms with Gasteiger partial charge in [-0.2, -0.15) is 4.98 Å². The minimum atomic E-state index is -0.0409. The number of nitrogens with one attached hydrogen (secondary N) is 3. The second kappa shape index (κ2) is 8.84. The molecule has 0 saturated carbocycles. The third kappa shape index (κ3) is 4.86. The molecule has 2 aromatic rings. The van der Waals surface area contributed by atoms with E-state index in [2.05, 4.69) is 27.3 Å². The van der Waals surface area contributed by atoms with Crippen molar-refractivity contribution in [3.8, 4) is 0 Å². The van der Waals surface area contributed by atoms with Crippen LogP contribution < -0.4 is 5.73 Å². The zero-order valence-electron chi connectivity index (χ0n) is 15.9. The van der Waals surface area contributed by atoms with Crippen LogP contribution in [0.4, 0.5) is 0 Å². The Morgan fingerprint density at radius 3 is 2.71 bits per heavy atom. The molecule has 28 heavy (non-hydrogen) atoms. The Hall–Kier alpha value is -2.93. The summed E-state index contributed by atoms with van der Waals surface area (Å²) in [7, 11) is 0. The highest BCUT2D eigenvalue weighted by Crippen LogP contribution is 2.26. The van der Waals surface area contributed by atoms with Crippen molar-refractivity contribution in [1.29, 1.82) is 10.8 Å². The highest BCUT2D eigenvalue weighted by Gasteiger charge is 2.20. The molecule has 1 aliphatic carbocycles. The van der Waals surface area contributed by atoms with Gasteiger partial charge in [-0.05, 0) is 31.9 Å². The van der Waals surface area contributed by atoms with E-state index in [0.717, 1.165) is 17.5 Å². The largest absolute Gasteiger partial charge is 0.396 e. The first-order valence-electron chi connectivity index (χ1n) is 9.08. The van der Waals surface area contributed by atoms with Crippen LogP contribution in [-0.4, -0.2) is 31.9 Å². The Balaban J connectivity index is 1.64. The van der Waals surface area contributed by atoms with Crippen molar-refractivity contribution in [1.82, 2.24) is 15.2 Å². The van der Waals surface area contributed by atoms with E-state index in [1.807, 2.05) is 50.3 Å². The van der Waals surface area contributed by atoms with Gasteiger partial charge in [-0.15, -0.1) is 5.10 Å². The number of hydrogen-bond acceptors (Lipinski definition) is 6.